The van der Waals surface area contributed by atoms with Crippen LogP contribution < -0.4 is 4.72 Å². The number of benzene rings is 2. The van der Waals surface area contributed by atoms with Gasteiger partial charge in [0, 0.05) is 17.0 Å². The van der Waals surface area contributed by atoms with Crippen molar-refractivity contribution in [3.8, 4) is 10.6 Å². The minimum absolute atomic E-state index is 0.243. The molecule has 1 aromatic heterocycles. The quantitative estimate of drug-likeness (QED) is 0.752. The molecule has 0 aliphatic carbocycles. The van der Waals surface area contributed by atoms with E-state index in [1.54, 1.807) is 24.3 Å². The van der Waals surface area contributed by atoms with Gasteiger partial charge in [-0.05, 0) is 26.0 Å². The lowest BCUT2D eigenvalue weighted by Crippen LogP contribution is -2.23. The van der Waals surface area contributed by atoms with E-state index in [4.69, 9.17) is 0 Å². The SMILES string of the molecule is Cc1ccc(S(=O)(=O)NCc2sc(-c3ccccc3)nc2C)cc1. The molecule has 6 heteroatoms. The highest BCUT2D eigenvalue weighted by molar-refractivity contribution is 7.89. The minimum Gasteiger partial charge on any atom is -0.241 e. The molecular formula is C18H18N2O2S2. The molecule has 0 unspecified atom stereocenters. The van der Waals surface area contributed by atoms with Gasteiger partial charge >= 0.3 is 0 Å². The molecule has 0 atom stereocenters. The lowest BCUT2D eigenvalue weighted by atomic mass is 10.2. The van der Waals surface area contributed by atoms with Gasteiger partial charge in [-0.15, -0.1) is 11.3 Å². The second kappa shape index (κ2) is 6.84. The molecule has 0 aliphatic rings. The average Bonchev–Trinajstić information content (AvgIpc) is 2.95. The average molecular weight is 358 g/mol. The topological polar surface area (TPSA) is 59.1 Å². The van der Waals surface area contributed by atoms with Crippen molar-refractivity contribution >= 4 is 21.4 Å². The van der Waals surface area contributed by atoms with Gasteiger partial charge in [0.15, 0.2) is 0 Å². The van der Waals surface area contributed by atoms with Crippen molar-refractivity contribution in [2.45, 2.75) is 25.3 Å². The molecule has 1 heterocycles. The molecule has 0 bridgehead atoms. The van der Waals surface area contributed by atoms with Crippen molar-refractivity contribution in [1.82, 2.24) is 9.71 Å². The third kappa shape index (κ3) is 3.72. The van der Waals surface area contributed by atoms with Crippen molar-refractivity contribution in [3.63, 3.8) is 0 Å². The first kappa shape index (κ1) is 16.8. The van der Waals surface area contributed by atoms with E-state index in [1.807, 2.05) is 44.2 Å². The Morgan fingerprint density at radius 3 is 2.33 bits per heavy atom. The number of hydrogen-bond acceptors (Lipinski definition) is 4. The second-order valence-electron chi connectivity index (χ2n) is 5.53. The van der Waals surface area contributed by atoms with E-state index in [0.29, 0.717) is 0 Å². The highest BCUT2D eigenvalue weighted by Gasteiger charge is 2.16. The Morgan fingerprint density at radius 1 is 1.00 bits per heavy atom. The Labute approximate surface area is 146 Å². The maximum atomic E-state index is 12.4. The first-order valence-corrected chi connectivity index (χ1v) is 9.84. The van der Waals surface area contributed by atoms with Gasteiger partial charge in [-0.3, -0.25) is 0 Å². The summed E-state index contributed by atoms with van der Waals surface area (Å²) in [6, 6.07) is 16.7. The van der Waals surface area contributed by atoms with Crippen molar-refractivity contribution in [2.75, 3.05) is 0 Å². The lowest BCUT2D eigenvalue weighted by molar-refractivity contribution is 0.581. The van der Waals surface area contributed by atoms with E-state index in [1.165, 1.54) is 11.3 Å². The van der Waals surface area contributed by atoms with Gasteiger partial charge in [0.2, 0.25) is 10.0 Å². The predicted molar refractivity (Wildman–Crippen MR) is 97.5 cm³/mol. The van der Waals surface area contributed by atoms with Crippen LogP contribution in [0, 0.1) is 13.8 Å². The highest BCUT2D eigenvalue weighted by atomic mass is 32.2. The van der Waals surface area contributed by atoms with Crippen LogP contribution in [0.2, 0.25) is 0 Å². The molecule has 124 valence electrons. The van der Waals surface area contributed by atoms with E-state index < -0.39 is 10.0 Å². The second-order valence-corrected chi connectivity index (χ2v) is 8.38. The maximum absolute atomic E-state index is 12.4. The number of thiazole rings is 1. The van der Waals surface area contributed by atoms with E-state index in [0.717, 1.165) is 26.7 Å². The molecule has 0 saturated heterocycles. The van der Waals surface area contributed by atoms with Gasteiger partial charge in [-0.1, -0.05) is 48.0 Å². The molecule has 2 aromatic carbocycles. The van der Waals surface area contributed by atoms with E-state index in [2.05, 4.69) is 9.71 Å². The first-order chi connectivity index (χ1) is 11.5. The summed E-state index contributed by atoms with van der Waals surface area (Å²) in [6.45, 7) is 4.07. The summed E-state index contributed by atoms with van der Waals surface area (Å²) >= 11 is 1.51. The Kier molecular flexibility index (Phi) is 4.80. The molecule has 0 spiro atoms. The summed E-state index contributed by atoms with van der Waals surface area (Å²) in [5.41, 5.74) is 2.92. The Morgan fingerprint density at radius 2 is 1.67 bits per heavy atom. The van der Waals surface area contributed by atoms with Gasteiger partial charge < -0.3 is 0 Å². The Hall–Kier alpha value is -2.02. The standard InChI is InChI=1S/C18H18N2O2S2/c1-13-8-10-16(11-9-13)24(21,22)19-12-17-14(2)20-18(23-17)15-6-4-3-5-7-15/h3-11,19H,12H2,1-2H3. The Balaban J connectivity index is 1.77. The van der Waals surface area contributed by atoms with Crippen LogP contribution in [0.4, 0.5) is 0 Å². The predicted octanol–water partition coefficient (Wildman–Crippen LogP) is 3.91. The molecule has 3 aromatic rings. The zero-order chi connectivity index (χ0) is 17.2. The van der Waals surface area contributed by atoms with E-state index >= 15 is 0 Å². The summed E-state index contributed by atoms with van der Waals surface area (Å²) < 4.78 is 27.4. The van der Waals surface area contributed by atoms with Crippen LogP contribution in [0.15, 0.2) is 59.5 Å². The Bertz CT molecular complexity index is 931. The minimum atomic E-state index is -3.52. The summed E-state index contributed by atoms with van der Waals surface area (Å²) in [5, 5.41) is 0.901. The third-order valence-electron chi connectivity index (χ3n) is 3.67. The normalized spacial score (nSPS) is 11.6. The van der Waals surface area contributed by atoms with Gasteiger partial charge in [0.05, 0.1) is 10.6 Å². The van der Waals surface area contributed by atoms with Crippen LogP contribution in [0.5, 0.6) is 0 Å². The largest absolute Gasteiger partial charge is 0.241 e. The monoisotopic (exact) mass is 358 g/mol. The fourth-order valence-corrected chi connectivity index (χ4v) is 4.35. The fourth-order valence-electron chi connectivity index (χ4n) is 2.26. The van der Waals surface area contributed by atoms with E-state index in [9.17, 15) is 8.42 Å². The molecule has 0 radical (unpaired) electrons. The summed E-state index contributed by atoms with van der Waals surface area (Å²) in [6.07, 6.45) is 0. The van der Waals surface area contributed by atoms with Crippen molar-refractivity contribution in [3.05, 3.63) is 70.7 Å². The molecule has 0 amide bonds. The highest BCUT2D eigenvalue weighted by Crippen LogP contribution is 2.27. The van der Waals surface area contributed by atoms with Crippen LogP contribution in [-0.2, 0) is 16.6 Å². The summed E-state index contributed by atoms with van der Waals surface area (Å²) in [4.78, 5) is 5.75. The van der Waals surface area contributed by atoms with Crippen LogP contribution in [0.1, 0.15) is 16.1 Å². The number of sulfonamides is 1. The van der Waals surface area contributed by atoms with Crippen LogP contribution >= 0.6 is 11.3 Å². The zero-order valence-electron chi connectivity index (χ0n) is 13.5. The van der Waals surface area contributed by atoms with Gasteiger partial charge in [-0.25, -0.2) is 18.1 Å². The molecule has 24 heavy (non-hydrogen) atoms. The number of rotatable bonds is 5. The third-order valence-corrected chi connectivity index (χ3v) is 6.29. The van der Waals surface area contributed by atoms with E-state index in [-0.39, 0.29) is 11.4 Å². The van der Waals surface area contributed by atoms with Gasteiger partial charge in [-0.2, -0.15) is 0 Å². The van der Waals surface area contributed by atoms with Crippen molar-refractivity contribution in [2.24, 2.45) is 0 Å². The number of aromatic nitrogens is 1. The van der Waals surface area contributed by atoms with Crippen LogP contribution in [0.25, 0.3) is 10.6 Å². The fraction of sp³-hybridized carbons (Fsp3) is 0.167. The molecule has 4 nitrogen and oxygen atoms in total. The number of nitrogens with one attached hydrogen (secondary N) is 1. The molecular weight excluding hydrogens is 340 g/mol. The lowest BCUT2D eigenvalue weighted by Gasteiger charge is -2.06. The van der Waals surface area contributed by atoms with Crippen molar-refractivity contribution in [1.29, 1.82) is 0 Å². The van der Waals surface area contributed by atoms with Gasteiger partial charge in [0.25, 0.3) is 0 Å². The number of hydrogen-bond donors (Lipinski definition) is 1. The van der Waals surface area contributed by atoms with Gasteiger partial charge in [0.1, 0.15) is 5.01 Å². The number of aryl methyl sites for hydroxylation is 2. The zero-order valence-corrected chi connectivity index (χ0v) is 15.1. The van der Waals surface area contributed by atoms with Crippen molar-refractivity contribution < 1.29 is 8.42 Å². The molecule has 0 aliphatic heterocycles. The first-order valence-electron chi connectivity index (χ1n) is 7.54. The molecule has 3 rings (SSSR count). The molecule has 0 fully saturated rings. The van der Waals surface area contributed by atoms with Crippen LogP contribution in [-0.4, -0.2) is 13.4 Å². The summed E-state index contributed by atoms with van der Waals surface area (Å²) in [7, 11) is -3.52. The smallest absolute Gasteiger partial charge is 0.240 e. The molecule has 0 saturated carbocycles. The van der Waals surface area contributed by atoms with Crippen LogP contribution in [0.3, 0.4) is 0 Å². The molecule has 1 N–H and O–H groups in total. The maximum Gasteiger partial charge on any atom is 0.240 e. The summed E-state index contributed by atoms with van der Waals surface area (Å²) in [5.74, 6) is 0. The number of nitrogens with zero attached hydrogens (tertiary/aromatic N) is 1.